The summed E-state index contributed by atoms with van der Waals surface area (Å²) in [6, 6.07) is 7.89. The third-order valence-electron chi connectivity index (χ3n) is 8.33. The van der Waals surface area contributed by atoms with Crippen molar-refractivity contribution in [2.24, 2.45) is 0 Å². The van der Waals surface area contributed by atoms with Crippen molar-refractivity contribution < 1.29 is 14.6 Å². The minimum absolute atomic E-state index is 0.0444. The van der Waals surface area contributed by atoms with Crippen molar-refractivity contribution in [3.8, 4) is 11.3 Å². The standard InChI is InChI=1S/C29H30FN9O2/c1-29(41,19-2-4-21(30)5-3-19)20-14-31-28(32-15-20)38-10-8-37(9-11-38)27-22-12-23(36-26(22)33-17-34-27)18-13-35-39(16-18)24-6-7-25(24)40/h2-5,12-17,24-25,40-41H,6-11H2,1H3,(H,33,34,36)/t24-,25-,29?/m0/s1. The molecule has 0 bridgehead atoms. The van der Waals surface area contributed by atoms with Gasteiger partial charge in [-0.1, -0.05) is 12.1 Å². The normalized spacial score (nSPS) is 20.7. The minimum atomic E-state index is -1.34. The number of aromatic nitrogens is 7. The van der Waals surface area contributed by atoms with Crippen LogP contribution in [0, 0.1) is 5.82 Å². The first kappa shape index (κ1) is 25.5. The largest absolute Gasteiger partial charge is 0.391 e. The Morgan fingerprint density at radius 2 is 1.66 bits per heavy atom. The Kier molecular flexibility index (Phi) is 6.16. The van der Waals surface area contributed by atoms with Gasteiger partial charge in [-0.25, -0.2) is 24.3 Å². The predicted octanol–water partition coefficient (Wildman–Crippen LogP) is 3.03. The lowest BCUT2D eigenvalue weighted by atomic mass is 9.89. The van der Waals surface area contributed by atoms with E-state index in [1.165, 1.54) is 12.1 Å². The fourth-order valence-electron chi connectivity index (χ4n) is 5.56. The van der Waals surface area contributed by atoms with E-state index < -0.39 is 5.60 Å². The van der Waals surface area contributed by atoms with E-state index >= 15 is 0 Å². The number of piperazine rings is 1. The number of fused-ring (bicyclic) bond motifs is 1. The molecule has 3 N–H and O–H groups in total. The molecule has 4 aromatic heterocycles. The minimum Gasteiger partial charge on any atom is -0.391 e. The van der Waals surface area contributed by atoms with Gasteiger partial charge in [0.2, 0.25) is 5.95 Å². The number of benzene rings is 1. The fourth-order valence-corrected chi connectivity index (χ4v) is 5.56. The monoisotopic (exact) mass is 555 g/mol. The first-order chi connectivity index (χ1) is 19.9. The number of nitrogens with zero attached hydrogens (tertiary/aromatic N) is 8. The summed E-state index contributed by atoms with van der Waals surface area (Å²) in [5, 5.41) is 26.5. The first-order valence-corrected chi connectivity index (χ1v) is 13.7. The molecule has 1 saturated heterocycles. The van der Waals surface area contributed by atoms with Gasteiger partial charge in [0.1, 0.15) is 29.2 Å². The second-order valence-corrected chi connectivity index (χ2v) is 10.9. The van der Waals surface area contributed by atoms with Crippen LogP contribution >= 0.6 is 0 Å². The number of halogens is 1. The predicted molar refractivity (Wildman–Crippen MR) is 151 cm³/mol. The average molecular weight is 556 g/mol. The third-order valence-corrected chi connectivity index (χ3v) is 8.33. The van der Waals surface area contributed by atoms with E-state index in [2.05, 4.69) is 45.9 Å². The highest BCUT2D eigenvalue weighted by Crippen LogP contribution is 2.34. The van der Waals surface area contributed by atoms with Crippen LogP contribution in [0.2, 0.25) is 0 Å². The lowest BCUT2D eigenvalue weighted by molar-refractivity contribution is 0.0254. The molecule has 5 heterocycles. The molecule has 1 unspecified atom stereocenters. The van der Waals surface area contributed by atoms with Crippen LogP contribution in [0.4, 0.5) is 16.2 Å². The van der Waals surface area contributed by atoms with Crippen LogP contribution in [0.5, 0.6) is 0 Å². The van der Waals surface area contributed by atoms with Crippen LogP contribution in [0.15, 0.2) is 61.4 Å². The Labute approximate surface area is 235 Å². The molecule has 11 nitrogen and oxygen atoms in total. The topological polar surface area (TPSA) is 132 Å². The number of aliphatic hydroxyl groups excluding tert-OH is 1. The van der Waals surface area contributed by atoms with Crippen LogP contribution in [-0.4, -0.2) is 77.2 Å². The number of hydrogen-bond acceptors (Lipinski definition) is 9. The van der Waals surface area contributed by atoms with E-state index in [9.17, 15) is 14.6 Å². The molecule has 1 saturated carbocycles. The van der Waals surface area contributed by atoms with Gasteiger partial charge < -0.3 is 25.0 Å². The van der Waals surface area contributed by atoms with Gasteiger partial charge in [0, 0.05) is 55.9 Å². The zero-order valence-electron chi connectivity index (χ0n) is 22.5. The molecule has 0 radical (unpaired) electrons. The molecule has 210 valence electrons. The average Bonchev–Trinajstić information content (AvgIpc) is 3.64. The number of rotatable bonds is 6. The van der Waals surface area contributed by atoms with Crippen LogP contribution in [-0.2, 0) is 5.60 Å². The van der Waals surface area contributed by atoms with E-state index in [0.717, 1.165) is 54.0 Å². The maximum absolute atomic E-state index is 13.3. The fraction of sp³-hybridized carbons (Fsp3) is 0.345. The van der Waals surface area contributed by atoms with Crippen LogP contribution in [0.25, 0.3) is 22.3 Å². The highest BCUT2D eigenvalue weighted by atomic mass is 19.1. The van der Waals surface area contributed by atoms with E-state index in [0.29, 0.717) is 30.2 Å². The SMILES string of the molecule is CC(O)(c1ccc(F)cc1)c1cnc(N2CCN(c3ncnc4[nH]c(-c5cnn([C@H]6CC[C@@H]6O)c5)cc34)CC2)nc1. The van der Waals surface area contributed by atoms with Crippen LogP contribution in [0.3, 0.4) is 0 Å². The van der Waals surface area contributed by atoms with E-state index in [4.69, 9.17) is 0 Å². The highest BCUT2D eigenvalue weighted by Gasteiger charge is 2.31. The molecule has 0 spiro atoms. The zero-order valence-corrected chi connectivity index (χ0v) is 22.5. The summed E-state index contributed by atoms with van der Waals surface area (Å²) in [5.41, 5.74) is 2.38. The number of nitrogens with one attached hydrogen (secondary N) is 1. The summed E-state index contributed by atoms with van der Waals surface area (Å²) in [5.74, 6) is 1.10. The maximum atomic E-state index is 13.3. The van der Waals surface area contributed by atoms with Crippen molar-refractivity contribution in [1.29, 1.82) is 0 Å². The summed E-state index contributed by atoms with van der Waals surface area (Å²) in [6.45, 7) is 4.50. The highest BCUT2D eigenvalue weighted by molar-refractivity contribution is 5.91. The molecule has 1 aliphatic heterocycles. The summed E-state index contributed by atoms with van der Waals surface area (Å²) in [6.07, 6.45) is 10.0. The molecule has 1 aliphatic carbocycles. The maximum Gasteiger partial charge on any atom is 0.225 e. The molecule has 0 amide bonds. The molecule has 2 aliphatic rings. The molecule has 12 heteroatoms. The van der Waals surface area contributed by atoms with Gasteiger partial charge in [-0.15, -0.1) is 0 Å². The van der Waals surface area contributed by atoms with Gasteiger partial charge in [0.15, 0.2) is 0 Å². The lowest BCUT2D eigenvalue weighted by Crippen LogP contribution is -2.47. The molecule has 1 aromatic carbocycles. The van der Waals surface area contributed by atoms with Crippen LogP contribution < -0.4 is 9.80 Å². The molecule has 7 rings (SSSR count). The third kappa shape index (κ3) is 4.58. The van der Waals surface area contributed by atoms with E-state index in [-0.39, 0.29) is 18.0 Å². The lowest BCUT2D eigenvalue weighted by Gasteiger charge is -2.35. The quantitative estimate of drug-likeness (QED) is 0.289. The first-order valence-electron chi connectivity index (χ1n) is 13.7. The number of aliphatic hydroxyl groups is 2. The van der Waals surface area contributed by atoms with Crippen molar-refractivity contribution >= 4 is 22.8 Å². The van der Waals surface area contributed by atoms with E-state index in [1.807, 2.05) is 17.1 Å². The molecular weight excluding hydrogens is 525 g/mol. The Hall–Kier alpha value is -4.42. The van der Waals surface area contributed by atoms with E-state index in [1.54, 1.807) is 37.8 Å². The number of hydrogen-bond donors (Lipinski definition) is 3. The summed E-state index contributed by atoms with van der Waals surface area (Å²) in [4.78, 5) is 25.9. The van der Waals surface area contributed by atoms with Gasteiger partial charge in [-0.3, -0.25) is 4.68 Å². The van der Waals surface area contributed by atoms with Gasteiger partial charge >= 0.3 is 0 Å². The molecular formula is C29H30FN9O2. The van der Waals surface area contributed by atoms with Crippen molar-refractivity contribution in [2.45, 2.75) is 37.5 Å². The molecule has 2 fully saturated rings. The smallest absolute Gasteiger partial charge is 0.225 e. The van der Waals surface area contributed by atoms with Gasteiger partial charge in [0.05, 0.1) is 29.4 Å². The van der Waals surface area contributed by atoms with Crippen molar-refractivity contribution in [3.05, 3.63) is 78.4 Å². The Morgan fingerprint density at radius 1 is 0.927 bits per heavy atom. The molecule has 41 heavy (non-hydrogen) atoms. The summed E-state index contributed by atoms with van der Waals surface area (Å²) in [7, 11) is 0. The van der Waals surface area contributed by atoms with Gasteiger partial charge in [-0.2, -0.15) is 5.10 Å². The second kappa shape index (κ2) is 9.89. The number of aromatic amines is 1. The Bertz CT molecular complexity index is 1680. The van der Waals surface area contributed by atoms with Crippen molar-refractivity contribution in [1.82, 2.24) is 34.7 Å². The van der Waals surface area contributed by atoms with Gasteiger partial charge in [-0.05, 0) is 43.5 Å². The molecule has 3 atom stereocenters. The zero-order chi connectivity index (χ0) is 28.1. The van der Waals surface area contributed by atoms with Crippen LogP contribution in [0.1, 0.15) is 36.9 Å². The molecule has 5 aromatic rings. The van der Waals surface area contributed by atoms with Crippen molar-refractivity contribution in [3.63, 3.8) is 0 Å². The Balaban J connectivity index is 1.05. The second-order valence-electron chi connectivity index (χ2n) is 10.9. The number of H-pyrrole nitrogens is 1. The Morgan fingerprint density at radius 3 is 2.34 bits per heavy atom. The summed E-state index contributed by atoms with van der Waals surface area (Å²) >= 11 is 0. The summed E-state index contributed by atoms with van der Waals surface area (Å²) < 4.78 is 15.2. The van der Waals surface area contributed by atoms with Crippen molar-refractivity contribution in [2.75, 3.05) is 36.0 Å². The van der Waals surface area contributed by atoms with Gasteiger partial charge in [0.25, 0.3) is 0 Å². The number of anilines is 2.